The second-order valence-electron chi connectivity index (χ2n) is 13.9. The van der Waals surface area contributed by atoms with Gasteiger partial charge < -0.3 is 30.0 Å². The van der Waals surface area contributed by atoms with Crippen LogP contribution in [0.5, 0.6) is 17.6 Å². The van der Waals surface area contributed by atoms with Crippen molar-refractivity contribution in [1.82, 2.24) is 30.9 Å². The zero-order valence-corrected chi connectivity index (χ0v) is 30.9. The second kappa shape index (κ2) is 15.6. The Hall–Kier alpha value is -4.99. The van der Waals surface area contributed by atoms with Crippen LogP contribution in [0.25, 0.3) is 22.5 Å². The van der Waals surface area contributed by atoms with Gasteiger partial charge in [-0.05, 0) is 67.9 Å². The van der Waals surface area contributed by atoms with Crippen LogP contribution in [-0.2, 0) is 35.3 Å². The number of carboxylic acid groups (broad SMARTS) is 1. The number of rotatable bonds is 14. The molecule has 4 N–H and O–H groups in total. The number of pyridine rings is 3. The van der Waals surface area contributed by atoms with Crippen LogP contribution in [0, 0.1) is 0 Å². The van der Waals surface area contributed by atoms with E-state index in [-0.39, 0.29) is 29.9 Å². The van der Waals surface area contributed by atoms with E-state index >= 15 is 0 Å². The maximum absolute atomic E-state index is 14.5. The third kappa shape index (κ3) is 8.05. The molecule has 1 saturated carbocycles. The maximum Gasteiger partial charge on any atom is 0.421 e. The molecule has 2 atom stereocenters. The summed E-state index contributed by atoms with van der Waals surface area (Å²) >= 11 is 7.08. The summed E-state index contributed by atoms with van der Waals surface area (Å²) in [5.41, 5.74) is 2.59. The molecule has 0 spiro atoms. The first-order valence-electron chi connectivity index (χ1n) is 18.0. The van der Waals surface area contributed by atoms with Crippen LogP contribution in [0.1, 0.15) is 72.4 Å². The summed E-state index contributed by atoms with van der Waals surface area (Å²) in [6, 6.07) is 12.0. The summed E-state index contributed by atoms with van der Waals surface area (Å²) in [6.45, 7) is 0.928. The summed E-state index contributed by atoms with van der Waals surface area (Å²) in [5.74, 6) is -1.30. The number of nitrogens with one attached hydrogen (secondary N) is 3. The van der Waals surface area contributed by atoms with Crippen LogP contribution in [0.15, 0.2) is 48.7 Å². The second-order valence-corrected chi connectivity index (χ2v) is 14.3. The average Bonchev–Trinajstić information content (AvgIpc) is 3.86. The Bertz CT molecular complexity index is 2110. The number of alkyl halides is 3. The first kappa shape index (κ1) is 38.3. The Labute approximate surface area is 320 Å². The molecule has 1 aliphatic heterocycles. The number of nitrogens with zero attached hydrogens (tertiary/aromatic N) is 3. The number of methoxy groups -OCH3 is 2. The zero-order valence-electron chi connectivity index (χ0n) is 30.2. The molecule has 1 saturated heterocycles. The molecule has 16 heteroatoms. The standard InChI is InChI=1S/C39H40ClF3N6O6/c1-53-34-21(18-44-20-23-10-12-31(50)47-23)9-11-29(48-34)27-13-16-45-33(32(27)40)26-7-3-6-25-24(26)5-4-8-30(25)55-36-28(39(41,42)43)17-22(35(49-36)54-2)19-46-38(14-15-38)37(51)52/h3,6-7,9,11,13,16-17,23,30,44,46H,4-5,8,10,12,14-15,18-20H2,1-2H3,(H,47,50)(H,51,52)/t23-,30-/m1/s1. The monoisotopic (exact) mass is 780 g/mol. The molecule has 290 valence electrons. The van der Waals surface area contributed by atoms with Crippen LogP contribution in [-0.4, -0.2) is 64.3 Å². The summed E-state index contributed by atoms with van der Waals surface area (Å²) in [5, 5.41) is 19.0. The molecule has 2 aliphatic carbocycles. The van der Waals surface area contributed by atoms with E-state index in [0.29, 0.717) is 85.0 Å². The minimum absolute atomic E-state index is 0.0599. The molecule has 0 bridgehead atoms. The lowest BCUT2D eigenvalue weighted by molar-refractivity contribution is -0.141. The molecule has 12 nitrogen and oxygen atoms in total. The number of halogens is 4. The van der Waals surface area contributed by atoms with E-state index in [4.69, 9.17) is 30.8 Å². The molecule has 0 unspecified atom stereocenters. The van der Waals surface area contributed by atoms with Crippen molar-refractivity contribution in [3.05, 3.63) is 81.5 Å². The van der Waals surface area contributed by atoms with Gasteiger partial charge in [0.1, 0.15) is 17.2 Å². The fourth-order valence-corrected chi connectivity index (χ4v) is 7.54. The Balaban J connectivity index is 1.15. The zero-order chi connectivity index (χ0) is 38.9. The van der Waals surface area contributed by atoms with Crippen molar-refractivity contribution in [3.63, 3.8) is 0 Å². The fourth-order valence-electron chi connectivity index (χ4n) is 7.23. The first-order chi connectivity index (χ1) is 26.4. The van der Waals surface area contributed by atoms with Crippen LogP contribution < -0.4 is 30.2 Å². The minimum Gasteiger partial charge on any atom is -0.481 e. The Morgan fingerprint density at radius 2 is 1.78 bits per heavy atom. The molecule has 1 amide bonds. The first-order valence-corrected chi connectivity index (χ1v) is 18.4. The Kier molecular flexibility index (Phi) is 10.9. The van der Waals surface area contributed by atoms with Gasteiger partial charge in [-0.2, -0.15) is 18.2 Å². The number of carboxylic acids is 1. The molecule has 2 fully saturated rings. The van der Waals surface area contributed by atoms with Crippen LogP contribution >= 0.6 is 11.6 Å². The van der Waals surface area contributed by atoms with E-state index in [1.165, 1.54) is 7.11 Å². The molecule has 3 aromatic heterocycles. The minimum atomic E-state index is -4.81. The van der Waals surface area contributed by atoms with E-state index < -0.39 is 35.2 Å². The predicted molar refractivity (Wildman–Crippen MR) is 196 cm³/mol. The van der Waals surface area contributed by atoms with Crippen LogP contribution in [0.3, 0.4) is 0 Å². The van der Waals surface area contributed by atoms with Gasteiger partial charge in [-0.25, -0.2) is 4.98 Å². The van der Waals surface area contributed by atoms with Crippen molar-refractivity contribution in [2.24, 2.45) is 0 Å². The predicted octanol–water partition coefficient (Wildman–Crippen LogP) is 6.43. The van der Waals surface area contributed by atoms with E-state index in [2.05, 4.69) is 25.9 Å². The Morgan fingerprint density at radius 1 is 1.00 bits per heavy atom. The van der Waals surface area contributed by atoms with Crippen molar-refractivity contribution in [3.8, 4) is 40.2 Å². The highest BCUT2D eigenvalue weighted by molar-refractivity contribution is 6.35. The van der Waals surface area contributed by atoms with Crippen LogP contribution in [0.2, 0.25) is 5.02 Å². The van der Waals surface area contributed by atoms with Gasteiger partial charge in [-0.1, -0.05) is 35.9 Å². The number of carbonyl (C=O) groups is 2. The lowest BCUT2D eigenvalue weighted by Gasteiger charge is -2.29. The molecule has 3 aliphatic rings. The van der Waals surface area contributed by atoms with Gasteiger partial charge in [-0.3, -0.25) is 19.9 Å². The summed E-state index contributed by atoms with van der Waals surface area (Å²) in [7, 11) is 2.83. The van der Waals surface area contributed by atoms with Crippen molar-refractivity contribution in [1.29, 1.82) is 0 Å². The number of benzene rings is 1. The van der Waals surface area contributed by atoms with E-state index in [1.807, 2.05) is 24.3 Å². The summed E-state index contributed by atoms with van der Waals surface area (Å²) in [6.07, 6.45) is -0.212. The number of hydrogen-bond donors (Lipinski definition) is 4. The molecule has 4 heterocycles. The average molecular weight is 781 g/mol. The van der Waals surface area contributed by atoms with Crippen molar-refractivity contribution in [2.75, 3.05) is 20.8 Å². The van der Waals surface area contributed by atoms with Crippen molar-refractivity contribution < 1.29 is 42.1 Å². The third-order valence-corrected chi connectivity index (χ3v) is 10.7. The fraction of sp³-hybridized carbons (Fsp3) is 0.410. The Morgan fingerprint density at radius 3 is 2.47 bits per heavy atom. The molecule has 7 rings (SSSR count). The molecule has 55 heavy (non-hydrogen) atoms. The number of aromatic nitrogens is 3. The molecule has 0 radical (unpaired) electrons. The van der Waals surface area contributed by atoms with E-state index in [1.54, 1.807) is 25.4 Å². The lowest BCUT2D eigenvalue weighted by atomic mass is 9.85. The van der Waals surface area contributed by atoms with Gasteiger partial charge in [0.05, 0.1) is 30.6 Å². The van der Waals surface area contributed by atoms with Gasteiger partial charge in [-0.15, -0.1) is 0 Å². The highest BCUT2D eigenvalue weighted by Crippen LogP contribution is 2.45. The van der Waals surface area contributed by atoms with E-state index in [0.717, 1.165) is 29.2 Å². The third-order valence-electron chi connectivity index (χ3n) is 10.4. The van der Waals surface area contributed by atoms with Gasteiger partial charge in [0.2, 0.25) is 23.5 Å². The SMILES string of the molecule is COc1nc(-c2ccnc(-c3cccc4c3CCC[C@H]4Oc3nc(OC)c(CNC4(C(=O)O)CC4)cc3C(F)(F)F)c2Cl)ccc1CNC[C@H]1CCC(=O)N1. The number of fused-ring (bicyclic) bond motifs is 1. The molecule has 4 aromatic rings. The van der Waals surface area contributed by atoms with Gasteiger partial charge >= 0.3 is 12.1 Å². The topological polar surface area (TPSA) is 157 Å². The van der Waals surface area contributed by atoms with Gasteiger partial charge in [0.25, 0.3) is 0 Å². The van der Waals surface area contributed by atoms with Crippen molar-refractivity contribution >= 4 is 23.5 Å². The highest BCUT2D eigenvalue weighted by atomic mass is 35.5. The van der Waals surface area contributed by atoms with Gasteiger partial charge in [0.15, 0.2) is 0 Å². The largest absolute Gasteiger partial charge is 0.481 e. The number of aliphatic carboxylic acids is 1. The number of ether oxygens (including phenoxy) is 3. The number of hydrogen-bond acceptors (Lipinski definition) is 10. The van der Waals surface area contributed by atoms with E-state index in [9.17, 15) is 27.9 Å². The number of amides is 1. The molecular weight excluding hydrogens is 741 g/mol. The lowest BCUT2D eigenvalue weighted by Crippen LogP contribution is -2.38. The van der Waals surface area contributed by atoms with Gasteiger partial charge in [0, 0.05) is 60.5 Å². The summed E-state index contributed by atoms with van der Waals surface area (Å²) < 4.78 is 60.6. The quantitative estimate of drug-likeness (QED) is 0.112. The smallest absolute Gasteiger partial charge is 0.421 e. The number of carbonyl (C=O) groups excluding carboxylic acids is 1. The normalized spacial score (nSPS) is 18.7. The highest BCUT2D eigenvalue weighted by Gasteiger charge is 2.50. The molecular formula is C39H40ClF3N6O6. The maximum atomic E-state index is 14.5. The molecule has 1 aromatic carbocycles. The summed E-state index contributed by atoms with van der Waals surface area (Å²) in [4.78, 5) is 36.7. The van der Waals surface area contributed by atoms with Crippen LogP contribution in [0.4, 0.5) is 13.2 Å². The van der Waals surface area contributed by atoms with Crippen molar-refractivity contribution in [2.45, 2.75) is 81.9 Å².